The Bertz CT molecular complexity index is 649. The normalized spacial score (nSPS) is 14.7. The van der Waals surface area contributed by atoms with Gasteiger partial charge in [0, 0.05) is 0 Å². The summed E-state index contributed by atoms with van der Waals surface area (Å²) in [6, 6.07) is 1.99. The predicted octanol–water partition coefficient (Wildman–Crippen LogP) is 0.838. The van der Waals surface area contributed by atoms with Gasteiger partial charge in [-0.2, -0.15) is 0 Å². The topological polar surface area (TPSA) is 124 Å². The zero-order valence-electron chi connectivity index (χ0n) is 12.0. The molecule has 0 aromatic heterocycles. The Morgan fingerprint density at radius 3 is 2.38 bits per heavy atom. The van der Waals surface area contributed by atoms with Gasteiger partial charge in [0.15, 0.2) is 0 Å². The number of aliphatic hydroxyl groups is 1. The molecule has 1 atom stereocenters. The highest BCUT2D eigenvalue weighted by atomic mass is 32.2. The first-order valence-corrected chi connectivity index (χ1v) is 7.76. The SMILES string of the molecule is CCC(C)(CO)NS(=O)(=O)c1cc(C(=O)O)c(O)cc1C. The lowest BCUT2D eigenvalue weighted by Crippen LogP contribution is -2.48. The summed E-state index contributed by atoms with van der Waals surface area (Å²) in [5.41, 5.74) is -1.34. The van der Waals surface area contributed by atoms with Crippen LogP contribution in [0.1, 0.15) is 36.2 Å². The number of carbonyl (C=O) groups is 1. The molecule has 7 nitrogen and oxygen atoms in total. The van der Waals surface area contributed by atoms with Crippen LogP contribution in [0.3, 0.4) is 0 Å². The van der Waals surface area contributed by atoms with Gasteiger partial charge in [0.2, 0.25) is 10.0 Å². The van der Waals surface area contributed by atoms with Gasteiger partial charge in [0.25, 0.3) is 0 Å². The Morgan fingerprint density at radius 2 is 1.95 bits per heavy atom. The molecule has 0 aliphatic rings. The summed E-state index contributed by atoms with van der Waals surface area (Å²) >= 11 is 0. The highest BCUT2D eigenvalue weighted by Gasteiger charge is 2.30. The van der Waals surface area contributed by atoms with Crippen LogP contribution in [0.15, 0.2) is 17.0 Å². The van der Waals surface area contributed by atoms with E-state index in [4.69, 9.17) is 5.11 Å². The fourth-order valence-corrected chi connectivity index (χ4v) is 3.45. The Morgan fingerprint density at radius 1 is 1.38 bits per heavy atom. The van der Waals surface area contributed by atoms with Gasteiger partial charge in [-0.3, -0.25) is 0 Å². The molecule has 0 fully saturated rings. The lowest BCUT2D eigenvalue weighted by atomic mass is 10.0. The first-order valence-electron chi connectivity index (χ1n) is 6.28. The zero-order chi connectivity index (χ0) is 16.4. The monoisotopic (exact) mass is 317 g/mol. The van der Waals surface area contributed by atoms with Crippen molar-refractivity contribution in [1.82, 2.24) is 4.72 Å². The van der Waals surface area contributed by atoms with Gasteiger partial charge in [-0.15, -0.1) is 0 Å². The van der Waals surface area contributed by atoms with Crippen molar-refractivity contribution in [3.8, 4) is 5.75 Å². The van der Waals surface area contributed by atoms with Crippen molar-refractivity contribution in [1.29, 1.82) is 0 Å². The highest BCUT2D eigenvalue weighted by Crippen LogP contribution is 2.26. The molecule has 0 saturated carbocycles. The number of hydrogen-bond acceptors (Lipinski definition) is 5. The van der Waals surface area contributed by atoms with E-state index >= 15 is 0 Å². The maximum Gasteiger partial charge on any atom is 0.339 e. The van der Waals surface area contributed by atoms with Crippen LogP contribution in [0.2, 0.25) is 0 Å². The number of hydrogen-bond donors (Lipinski definition) is 4. The second kappa shape index (κ2) is 6.00. The van der Waals surface area contributed by atoms with Crippen molar-refractivity contribution in [3.05, 3.63) is 23.3 Å². The van der Waals surface area contributed by atoms with Crippen molar-refractivity contribution in [3.63, 3.8) is 0 Å². The number of carboxylic acids is 1. The summed E-state index contributed by atoms with van der Waals surface area (Å²) in [5.74, 6) is -1.93. The number of rotatable bonds is 6. The lowest BCUT2D eigenvalue weighted by Gasteiger charge is -2.27. The maximum atomic E-state index is 12.4. The second-order valence-electron chi connectivity index (χ2n) is 5.12. The third-order valence-corrected chi connectivity index (χ3v) is 5.10. The van der Waals surface area contributed by atoms with Crippen molar-refractivity contribution in [2.24, 2.45) is 0 Å². The second-order valence-corrected chi connectivity index (χ2v) is 6.77. The molecule has 1 aromatic carbocycles. The van der Waals surface area contributed by atoms with Gasteiger partial charge in [0.1, 0.15) is 11.3 Å². The molecule has 0 aliphatic heterocycles. The van der Waals surface area contributed by atoms with Crippen LogP contribution >= 0.6 is 0 Å². The summed E-state index contributed by atoms with van der Waals surface area (Å²) in [5, 5.41) is 27.8. The van der Waals surface area contributed by atoms with Crippen LogP contribution in [-0.2, 0) is 10.0 Å². The van der Waals surface area contributed by atoms with Gasteiger partial charge >= 0.3 is 5.97 Å². The molecule has 0 saturated heterocycles. The molecule has 8 heteroatoms. The summed E-state index contributed by atoms with van der Waals surface area (Å²) < 4.78 is 27.1. The molecule has 0 bridgehead atoms. The Kier molecular flexibility index (Phi) is 4.98. The molecular formula is C13H19NO6S. The van der Waals surface area contributed by atoms with Gasteiger partial charge in [0.05, 0.1) is 17.0 Å². The Hall–Kier alpha value is -1.64. The van der Waals surface area contributed by atoms with E-state index in [1.807, 2.05) is 0 Å². The van der Waals surface area contributed by atoms with Crippen LogP contribution < -0.4 is 4.72 Å². The summed E-state index contributed by atoms with van der Waals surface area (Å²) in [6.07, 6.45) is 0.353. The molecule has 0 radical (unpaired) electrons. The van der Waals surface area contributed by atoms with E-state index in [-0.39, 0.29) is 10.5 Å². The van der Waals surface area contributed by atoms with Crippen molar-refractivity contribution >= 4 is 16.0 Å². The molecule has 21 heavy (non-hydrogen) atoms. The highest BCUT2D eigenvalue weighted by molar-refractivity contribution is 7.89. The summed E-state index contributed by atoms with van der Waals surface area (Å²) in [6.45, 7) is 4.30. The third-order valence-electron chi connectivity index (χ3n) is 3.32. The van der Waals surface area contributed by atoms with Crippen molar-refractivity contribution < 1.29 is 28.5 Å². The third kappa shape index (κ3) is 3.72. The fraction of sp³-hybridized carbons (Fsp3) is 0.462. The van der Waals surface area contributed by atoms with E-state index in [2.05, 4.69) is 4.72 Å². The molecule has 0 spiro atoms. The Labute approximate surface area is 123 Å². The number of aromatic hydroxyl groups is 1. The molecule has 1 unspecified atom stereocenters. The molecular weight excluding hydrogens is 298 g/mol. The Balaban J connectivity index is 3.39. The largest absolute Gasteiger partial charge is 0.507 e. The molecule has 0 amide bonds. The standard InChI is InChI=1S/C13H19NO6S/c1-4-13(3,7-15)14-21(19,20)11-6-9(12(17)18)10(16)5-8(11)2/h5-6,14-16H,4,7H2,1-3H3,(H,17,18). The number of nitrogens with one attached hydrogen (secondary N) is 1. The number of benzene rings is 1. The van der Waals surface area contributed by atoms with E-state index in [0.29, 0.717) is 6.42 Å². The molecule has 1 rings (SSSR count). The number of aliphatic hydroxyl groups excluding tert-OH is 1. The average molecular weight is 317 g/mol. The van der Waals surface area contributed by atoms with E-state index < -0.39 is 39.5 Å². The first-order chi connectivity index (χ1) is 9.56. The molecule has 118 valence electrons. The molecule has 4 N–H and O–H groups in total. The summed E-state index contributed by atoms with van der Waals surface area (Å²) in [4.78, 5) is 10.7. The molecule has 0 aliphatic carbocycles. The van der Waals surface area contributed by atoms with Gasteiger partial charge in [-0.05, 0) is 38.0 Å². The average Bonchev–Trinajstić information content (AvgIpc) is 2.37. The number of aryl methyl sites for hydroxylation is 1. The number of carboxylic acid groups (broad SMARTS) is 1. The van der Waals surface area contributed by atoms with Crippen LogP contribution in [0.25, 0.3) is 0 Å². The molecule has 1 aromatic rings. The maximum absolute atomic E-state index is 12.4. The smallest absolute Gasteiger partial charge is 0.339 e. The fourth-order valence-electron chi connectivity index (χ4n) is 1.73. The summed E-state index contributed by atoms with van der Waals surface area (Å²) in [7, 11) is -4.03. The van der Waals surface area contributed by atoms with E-state index in [9.17, 15) is 23.4 Å². The van der Waals surface area contributed by atoms with Gasteiger partial charge in [-0.1, -0.05) is 6.92 Å². The number of aromatic carboxylic acids is 1. The minimum atomic E-state index is -4.03. The quantitative estimate of drug-likeness (QED) is 0.616. The minimum absolute atomic E-state index is 0.210. The van der Waals surface area contributed by atoms with E-state index in [1.165, 1.54) is 6.92 Å². The van der Waals surface area contributed by atoms with Crippen molar-refractivity contribution in [2.75, 3.05) is 6.61 Å². The van der Waals surface area contributed by atoms with Crippen LogP contribution in [0.5, 0.6) is 5.75 Å². The number of phenols is 1. The van der Waals surface area contributed by atoms with E-state index in [0.717, 1.165) is 12.1 Å². The lowest BCUT2D eigenvalue weighted by molar-refractivity contribution is 0.0693. The van der Waals surface area contributed by atoms with Gasteiger partial charge in [-0.25, -0.2) is 17.9 Å². The first kappa shape index (κ1) is 17.4. The zero-order valence-corrected chi connectivity index (χ0v) is 12.9. The predicted molar refractivity (Wildman–Crippen MR) is 75.9 cm³/mol. The van der Waals surface area contributed by atoms with Crippen LogP contribution in [0.4, 0.5) is 0 Å². The minimum Gasteiger partial charge on any atom is -0.507 e. The van der Waals surface area contributed by atoms with Crippen molar-refractivity contribution in [2.45, 2.75) is 37.6 Å². The van der Waals surface area contributed by atoms with E-state index in [1.54, 1.807) is 13.8 Å². The van der Waals surface area contributed by atoms with Crippen LogP contribution in [-0.4, -0.2) is 41.9 Å². The number of sulfonamides is 1. The molecule has 0 heterocycles. The van der Waals surface area contributed by atoms with Crippen LogP contribution in [0, 0.1) is 6.92 Å². The van der Waals surface area contributed by atoms with Gasteiger partial charge < -0.3 is 15.3 Å².